The number of methoxy groups -OCH3 is 3. The Hall–Kier alpha value is -2.45. The SMILES string of the molecule is COc1cc2c(=O)[nH]c(C(F)(F)F)nc2c(OC)c1OC. The van der Waals surface area contributed by atoms with Gasteiger partial charge in [-0.3, -0.25) is 4.79 Å². The smallest absolute Gasteiger partial charge is 0.449 e. The molecule has 0 spiro atoms. The van der Waals surface area contributed by atoms with Crippen LogP contribution in [-0.2, 0) is 6.18 Å². The molecular weight excluding hydrogens is 293 g/mol. The second-order valence-corrected chi connectivity index (χ2v) is 3.95. The molecule has 6 nitrogen and oxygen atoms in total. The maximum Gasteiger partial charge on any atom is 0.449 e. The minimum Gasteiger partial charge on any atom is -0.493 e. The summed E-state index contributed by atoms with van der Waals surface area (Å²) in [6, 6.07) is 1.24. The predicted octanol–water partition coefficient (Wildman–Crippen LogP) is 1.97. The monoisotopic (exact) mass is 304 g/mol. The molecule has 0 amide bonds. The van der Waals surface area contributed by atoms with Crippen LogP contribution in [0.5, 0.6) is 17.2 Å². The topological polar surface area (TPSA) is 73.4 Å². The summed E-state index contributed by atoms with van der Waals surface area (Å²) in [4.78, 5) is 16.9. The van der Waals surface area contributed by atoms with Crippen molar-refractivity contribution in [3.8, 4) is 17.2 Å². The van der Waals surface area contributed by atoms with E-state index in [1.807, 2.05) is 0 Å². The summed E-state index contributed by atoms with van der Waals surface area (Å²) in [7, 11) is 3.85. The van der Waals surface area contributed by atoms with E-state index in [0.29, 0.717) is 0 Å². The summed E-state index contributed by atoms with van der Waals surface area (Å²) < 4.78 is 53.3. The average molecular weight is 304 g/mol. The molecule has 114 valence electrons. The highest BCUT2D eigenvalue weighted by atomic mass is 19.4. The molecule has 0 bridgehead atoms. The first-order chi connectivity index (χ1) is 9.83. The Kier molecular flexibility index (Phi) is 3.67. The molecule has 1 aromatic heterocycles. The highest BCUT2D eigenvalue weighted by molar-refractivity contribution is 5.89. The van der Waals surface area contributed by atoms with E-state index in [4.69, 9.17) is 14.2 Å². The van der Waals surface area contributed by atoms with Crippen LogP contribution in [0, 0.1) is 0 Å². The fourth-order valence-electron chi connectivity index (χ4n) is 1.87. The van der Waals surface area contributed by atoms with Gasteiger partial charge in [0.25, 0.3) is 5.56 Å². The molecule has 0 saturated carbocycles. The molecule has 0 aliphatic rings. The van der Waals surface area contributed by atoms with Crippen molar-refractivity contribution in [2.24, 2.45) is 0 Å². The number of H-pyrrole nitrogens is 1. The number of halogens is 3. The molecule has 2 aromatic rings. The Bertz CT molecular complexity index is 740. The second-order valence-electron chi connectivity index (χ2n) is 3.95. The predicted molar refractivity (Wildman–Crippen MR) is 67.0 cm³/mol. The quantitative estimate of drug-likeness (QED) is 0.938. The molecule has 0 atom stereocenters. The molecule has 9 heteroatoms. The summed E-state index contributed by atoms with van der Waals surface area (Å²) in [6.45, 7) is 0. The first-order valence-corrected chi connectivity index (χ1v) is 5.63. The third-order valence-electron chi connectivity index (χ3n) is 2.77. The van der Waals surface area contributed by atoms with E-state index in [0.717, 1.165) is 0 Å². The van der Waals surface area contributed by atoms with Crippen molar-refractivity contribution in [2.75, 3.05) is 21.3 Å². The summed E-state index contributed by atoms with van der Waals surface area (Å²) in [5.41, 5.74) is -1.21. The van der Waals surface area contributed by atoms with Gasteiger partial charge in [0.15, 0.2) is 11.5 Å². The van der Waals surface area contributed by atoms with Crippen LogP contribution >= 0.6 is 0 Å². The maximum atomic E-state index is 12.7. The molecule has 1 aromatic carbocycles. The molecule has 0 aliphatic carbocycles. The number of aromatic amines is 1. The first-order valence-electron chi connectivity index (χ1n) is 5.63. The van der Waals surface area contributed by atoms with Crippen LogP contribution in [0.3, 0.4) is 0 Å². The fraction of sp³-hybridized carbons (Fsp3) is 0.333. The van der Waals surface area contributed by atoms with Crippen LogP contribution in [0.1, 0.15) is 5.82 Å². The highest BCUT2D eigenvalue weighted by Gasteiger charge is 2.35. The van der Waals surface area contributed by atoms with E-state index in [2.05, 4.69) is 4.98 Å². The Morgan fingerprint density at radius 2 is 1.71 bits per heavy atom. The van der Waals surface area contributed by atoms with Crippen molar-refractivity contribution in [2.45, 2.75) is 6.18 Å². The van der Waals surface area contributed by atoms with Gasteiger partial charge in [0.1, 0.15) is 5.52 Å². The summed E-state index contributed by atoms with van der Waals surface area (Å²) in [5, 5.41) is -0.0995. The van der Waals surface area contributed by atoms with Gasteiger partial charge in [-0.25, -0.2) is 4.98 Å². The highest BCUT2D eigenvalue weighted by Crippen LogP contribution is 2.42. The fourth-order valence-corrected chi connectivity index (χ4v) is 1.87. The number of hydrogen-bond acceptors (Lipinski definition) is 5. The van der Waals surface area contributed by atoms with Crippen molar-refractivity contribution >= 4 is 10.9 Å². The van der Waals surface area contributed by atoms with Crippen LogP contribution in [0.4, 0.5) is 13.2 Å². The van der Waals surface area contributed by atoms with Crippen LogP contribution in [0.25, 0.3) is 10.9 Å². The van der Waals surface area contributed by atoms with Crippen molar-refractivity contribution in [1.82, 2.24) is 9.97 Å². The van der Waals surface area contributed by atoms with Crippen molar-refractivity contribution in [1.29, 1.82) is 0 Å². The molecule has 0 radical (unpaired) electrons. The Morgan fingerprint density at radius 3 is 2.19 bits per heavy atom. The zero-order chi connectivity index (χ0) is 15.8. The number of hydrogen-bond donors (Lipinski definition) is 1. The van der Waals surface area contributed by atoms with Crippen LogP contribution in [0.2, 0.25) is 0 Å². The number of rotatable bonds is 3. The van der Waals surface area contributed by atoms with Gasteiger partial charge in [-0.05, 0) is 6.07 Å². The Labute approximate surface area is 116 Å². The minimum atomic E-state index is -4.79. The number of ether oxygens (including phenoxy) is 3. The number of benzene rings is 1. The van der Waals surface area contributed by atoms with Gasteiger partial charge >= 0.3 is 6.18 Å². The lowest BCUT2D eigenvalue weighted by atomic mass is 10.2. The van der Waals surface area contributed by atoms with Crippen LogP contribution < -0.4 is 19.8 Å². The van der Waals surface area contributed by atoms with Gasteiger partial charge in [0, 0.05) is 0 Å². The second kappa shape index (κ2) is 5.15. The summed E-state index contributed by atoms with van der Waals surface area (Å²) >= 11 is 0. The van der Waals surface area contributed by atoms with E-state index in [9.17, 15) is 18.0 Å². The third kappa shape index (κ3) is 2.46. The molecule has 0 saturated heterocycles. The Balaban J connectivity index is 2.94. The van der Waals surface area contributed by atoms with Gasteiger partial charge in [0.2, 0.25) is 11.6 Å². The van der Waals surface area contributed by atoms with Crippen molar-refractivity contribution < 1.29 is 27.4 Å². The van der Waals surface area contributed by atoms with E-state index in [-0.39, 0.29) is 28.2 Å². The zero-order valence-electron chi connectivity index (χ0n) is 11.3. The molecule has 0 aliphatic heterocycles. The molecule has 0 fully saturated rings. The van der Waals surface area contributed by atoms with Gasteiger partial charge in [-0.15, -0.1) is 0 Å². The third-order valence-corrected chi connectivity index (χ3v) is 2.77. The number of nitrogens with one attached hydrogen (secondary N) is 1. The normalized spacial score (nSPS) is 11.5. The van der Waals surface area contributed by atoms with Gasteiger partial charge in [0.05, 0.1) is 26.7 Å². The maximum absolute atomic E-state index is 12.7. The van der Waals surface area contributed by atoms with E-state index in [1.165, 1.54) is 27.4 Å². The largest absolute Gasteiger partial charge is 0.493 e. The average Bonchev–Trinajstić information content (AvgIpc) is 2.44. The molecule has 1 N–H and O–H groups in total. The minimum absolute atomic E-state index is 0.0544. The van der Waals surface area contributed by atoms with Gasteiger partial charge in [-0.1, -0.05) is 0 Å². The zero-order valence-corrected chi connectivity index (χ0v) is 11.3. The lowest BCUT2D eigenvalue weighted by Crippen LogP contribution is -2.19. The van der Waals surface area contributed by atoms with Crippen molar-refractivity contribution in [3.05, 3.63) is 22.2 Å². The number of aromatic nitrogens is 2. The molecule has 2 rings (SSSR count). The lowest BCUT2D eigenvalue weighted by molar-refractivity contribution is -0.144. The van der Waals surface area contributed by atoms with Gasteiger partial charge < -0.3 is 19.2 Å². The molecule has 0 unspecified atom stereocenters. The molecule has 1 heterocycles. The molecule has 21 heavy (non-hydrogen) atoms. The lowest BCUT2D eigenvalue weighted by Gasteiger charge is -2.14. The van der Waals surface area contributed by atoms with E-state index in [1.54, 1.807) is 4.98 Å². The van der Waals surface area contributed by atoms with E-state index >= 15 is 0 Å². The standard InChI is InChI=1S/C12H11F3N2O4/c1-19-6-4-5-7(9(21-3)8(6)20-2)16-11(12(13,14)15)17-10(5)18/h4H,1-3H3,(H,16,17,18). The first kappa shape index (κ1) is 14.9. The van der Waals surface area contributed by atoms with Gasteiger partial charge in [-0.2, -0.15) is 13.2 Å². The van der Waals surface area contributed by atoms with Crippen LogP contribution in [-0.4, -0.2) is 31.3 Å². The number of nitrogens with zero attached hydrogens (tertiary/aromatic N) is 1. The Morgan fingerprint density at radius 1 is 1.10 bits per heavy atom. The van der Waals surface area contributed by atoms with E-state index < -0.39 is 17.6 Å². The molecular formula is C12H11F3N2O4. The summed E-state index contributed by atoms with van der Waals surface area (Å²) in [5.74, 6) is -1.32. The van der Waals surface area contributed by atoms with Crippen molar-refractivity contribution in [3.63, 3.8) is 0 Å². The summed E-state index contributed by atoms with van der Waals surface area (Å²) in [6.07, 6.45) is -4.79. The van der Waals surface area contributed by atoms with Crippen LogP contribution in [0.15, 0.2) is 10.9 Å². The number of alkyl halides is 3. The number of fused-ring (bicyclic) bond motifs is 1.